The molecule has 0 saturated carbocycles. The third-order valence-corrected chi connectivity index (χ3v) is 1.66. The molecule has 0 aliphatic rings. The zero-order valence-corrected chi connectivity index (χ0v) is 6.90. The van der Waals surface area contributed by atoms with E-state index in [4.69, 9.17) is 10.2 Å². The van der Waals surface area contributed by atoms with Gasteiger partial charge in [-0.05, 0) is 12.1 Å². The number of rotatable bonds is 5. The number of hydrogen-bond acceptors (Lipinski definition) is 3. The fourth-order valence-corrected chi connectivity index (χ4v) is 1.11. The van der Waals surface area contributed by atoms with Crippen LogP contribution in [-0.4, -0.2) is 41.5 Å². The van der Waals surface area contributed by atoms with Crippen LogP contribution in [0, 0.1) is 0 Å². The third-order valence-electron chi connectivity index (χ3n) is 1.66. The van der Waals surface area contributed by atoms with Crippen LogP contribution in [0.1, 0.15) is 0 Å². The fourth-order valence-electron chi connectivity index (χ4n) is 1.11. The Bertz CT molecular complexity index is 193. The van der Waals surface area contributed by atoms with Crippen LogP contribution < -0.4 is 4.90 Å². The third kappa shape index (κ3) is 2.25. The predicted molar refractivity (Wildman–Crippen MR) is 47.2 cm³/mol. The second-order valence-corrected chi connectivity index (χ2v) is 2.49. The van der Waals surface area contributed by atoms with Gasteiger partial charge in [-0.15, -0.1) is 0 Å². The monoisotopic (exact) mass is 170 g/mol. The summed E-state index contributed by atoms with van der Waals surface area (Å²) < 4.78 is 0. The van der Waals surface area contributed by atoms with Crippen LogP contribution >= 0.6 is 0 Å². The number of aromatic amines is 1. The molecule has 0 bridgehead atoms. The molecule has 1 aromatic rings. The average Bonchev–Trinajstić information content (AvgIpc) is 2.56. The lowest BCUT2D eigenvalue weighted by atomic mass is 10.4. The lowest BCUT2D eigenvalue weighted by Crippen LogP contribution is -2.29. The summed E-state index contributed by atoms with van der Waals surface area (Å²) in [4.78, 5) is 4.90. The number of nitrogens with one attached hydrogen (secondary N) is 1. The second-order valence-electron chi connectivity index (χ2n) is 2.49. The van der Waals surface area contributed by atoms with Gasteiger partial charge in [0.15, 0.2) is 0 Å². The molecule has 0 aliphatic carbocycles. The van der Waals surface area contributed by atoms with Gasteiger partial charge in [0.1, 0.15) is 5.82 Å². The molecule has 1 aromatic heterocycles. The maximum atomic E-state index is 8.72. The summed E-state index contributed by atoms with van der Waals surface area (Å²) in [5.41, 5.74) is 0. The SMILES string of the molecule is OCCN(CCO)c1ccc[nH]1. The van der Waals surface area contributed by atoms with Crippen LogP contribution in [0.2, 0.25) is 0 Å². The van der Waals surface area contributed by atoms with Crippen molar-refractivity contribution in [3.8, 4) is 0 Å². The highest BCUT2D eigenvalue weighted by Crippen LogP contribution is 2.08. The molecule has 1 rings (SSSR count). The molecule has 68 valence electrons. The number of hydrogen-bond donors (Lipinski definition) is 3. The summed E-state index contributed by atoms with van der Waals surface area (Å²) in [6.07, 6.45) is 1.82. The molecule has 4 heteroatoms. The summed E-state index contributed by atoms with van der Waals surface area (Å²) in [7, 11) is 0. The van der Waals surface area contributed by atoms with Gasteiger partial charge >= 0.3 is 0 Å². The molecule has 0 amide bonds. The fraction of sp³-hybridized carbons (Fsp3) is 0.500. The van der Waals surface area contributed by atoms with Gasteiger partial charge in [0.05, 0.1) is 13.2 Å². The normalized spacial score (nSPS) is 10.2. The summed E-state index contributed by atoms with van der Waals surface area (Å²) in [6, 6.07) is 3.79. The van der Waals surface area contributed by atoms with Gasteiger partial charge < -0.3 is 20.1 Å². The van der Waals surface area contributed by atoms with Gasteiger partial charge in [0.25, 0.3) is 0 Å². The van der Waals surface area contributed by atoms with E-state index < -0.39 is 0 Å². The van der Waals surface area contributed by atoms with E-state index in [1.54, 1.807) is 0 Å². The van der Waals surface area contributed by atoms with Crippen LogP contribution in [0.25, 0.3) is 0 Å². The Balaban J connectivity index is 2.53. The molecule has 0 atom stereocenters. The highest BCUT2D eigenvalue weighted by Gasteiger charge is 2.04. The van der Waals surface area contributed by atoms with Crippen LogP contribution in [0.4, 0.5) is 5.82 Å². The molecule has 1 heterocycles. The van der Waals surface area contributed by atoms with Gasteiger partial charge in [-0.2, -0.15) is 0 Å². The smallest absolute Gasteiger partial charge is 0.105 e. The van der Waals surface area contributed by atoms with Crippen molar-refractivity contribution in [2.24, 2.45) is 0 Å². The Morgan fingerprint density at radius 2 is 1.92 bits per heavy atom. The van der Waals surface area contributed by atoms with Crippen molar-refractivity contribution in [2.75, 3.05) is 31.2 Å². The van der Waals surface area contributed by atoms with Crippen molar-refractivity contribution in [1.29, 1.82) is 0 Å². The molecule has 0 spiro atoms. The Morgan fingerprint density at radius 1 is 1.25 bits per heavy atom. The van der Waals surface area contributed by atoms with Crippen molar-refractivity contribution >= 4 is 5.82 Å². The van der Waals surface area contributed by atoms with E-state index in [1.807, 2.05) is 23.2 Å². The topological polar surface area (TPSA) is 59.5 Å². The van der Waals surface area contributed by atoms with Crippen molar-refractivity contribution in [3.05, 3.63) is 18.3 Å². The first-order valence-corrected chi connectivity index (χ1v) is 3.98. The molecule has 0 aromatic carbocycles. The Morgan fingerprint density at radius 3 is 2.33 bits per heavy atom. The van der Waals surface area contributed by atoms with Crippen molar-refractivity contribution in [2.45, 2.75) is 0 Å². The number of anilines is 1. The zero-order valence-electron chi connectivity index (χ0n) is 6.90. The van der Waals surface area contributed by atoms with Gasteiger partial charge in [-0.25, -0.2) is 0 Å². The molecule has 0 saturated heterocycles. The Labute approximate surface area is 71.4 Å². The first kappa shape index (κ1) is 9.09. The minimum Gasteiger partial charge on any atom is -0.395 e. The molecular weight excluding hydrogens is 156 g/mol. The average molecular weight is 170 g/mol. The maximum Gasteiger partial charge on any atom is 0.105 e. The van der Waals surface area contributed by atoms with Gasteiger partial charge in [-0.3, -0.25) is 0 Å². The number of aliphatic hydroxyl groups excluding tert-OH is 2. The quantitative estimate of drug-likeness (QED) is 0.574. The summed E-state index contributed by atoms with van der Waals surface area (Å²) >= 11 is 0. The second kappa shape index (κ2) is 4.79. The Kier molecular flexibility index (Phi) is 3.63. The van der Waals surface area contributed by atoms with E-state index in [-0.39, 0.29) is 13.2 Å². The molecule has 0 fully saturated rings. The van der Waals surface area contributed by atoms with Crippen LogP contribution in [0.5, 0.6) is 0 Å². The van der Waals surface area contributed by atoms with E-state index in [0.29, 0.717) is 13.1 Å². The highest BCUT2D eigenvalue weighted by atomic mass is 16.3. The van der Waals surface area contributed by atoms with Crippen molar-refractivity contribution in [1.82, 2.24) is 4.98 Å². The summed E-state index contributed by atoms with van der Waals surface area (Å²) in [5.74, 6) is 0.929. The summed E-state index contributed by atoms with van der Waals surface area (Å²) in [6.45, 7) is 1.28. The number of aliphatic hydroxyl groups is 2. The van der Waals surface area contributed by atoms with Crippen LogP contribution in [-0.2, 0) is 0 Å². The van der Waals surface area contributed by atoms with Crippen molar-refractivity contribution in [3.63, 3.8) is 0 Å². The van der Waals surface area contributed by atoms with E-state index in [2.05, 4.69) is 4.98 Å². The first-order valence-electron chi connectivity index (χ1n) is 3.98. The lowest BCUT2D eigenvalue weighted by molar-refractivity contribution is 0.280. The standard InChI is InChI=1S/C8H14N2O2/c11-6-4-10(5-7-12)8-2-1-3-9-8/h1-3,9,11-12H,4-7H2. The van der Waals surface area contributed by atoms with Crippen LogP contribution in [0.3, 0.4) is 0 Å². The minimum absolute atomic E-state index is 0.0962. The largest absolute Gasteiger partial charge is 0.395 e. The van der Waals surface area contributed by atoms with Gasteiger partial charge in [0, 0.05) is 19.3 Å². The van der Waals surface area contributed by atoms with Gasteiger partial charge in [0.2, 0.25) is 0 Å². The highest BCUT2D eigenvalue weighted by molar-refractivity contribution is 5.38. The maximum absolute atomic E-state index is 8.72. The minimum atomic E-state index is 0.0962. The van der Waals surface area contributed by atoms with Crippen molar-refractivity contribution < 1.29 is 10.2 Å². The first-order chi connectivity index (χ1) is 5.88. The predicted octanol–water partition coefficient (Wildman–Crippen LogP) is -0.194. The number of H-pyrrole nitrogens is 1. The number of aromatic nitrogens is 1. The molecule has 4 nitrogen and oxygen atoms in total. The van der Waals surface area contributed by atoms with Crippen LogP contribution in [0.15, 0.2) is 18.3 Å². The number of nitrogens with zero attached hydrogens (tertiary/aromatic N) is 1. The molecule has 0 unspecified atom stereocenters. The van der Waals surface area contributed by atoms with E-state index >= 15 is 0 Å². The van der Waals surface area contributed by atoms with E-state index in [0.717, 1.165) is 5.82 Å². The van der Waals surface area contributed by atoms with E-state index in [1.165, 1.54) is 0 Å². The molecule has 3 N–H and O–H groups in total. The lowest BCUT2D eigenvalue weighted by Gasteiger charge is -2.20. The molecule has 0 aliphatic heterocycles. The van der Waals surface area contributed by atoms with Gasteiger partial charge in [-0.1, -0.05) is 0 Å². The summed E-state index contributed by atoms with van der Waals surface area (Å²) in [5, 5.41) is 17.4. The molecular formula is C8H14N2O2. The zero-order chi connectivity index (χ0) is 8.81. The Hall–Kier alpha value is -1.00. The molecule has 0 radical (unpaired) electrons. The molecule has 12 heavy (non-hydrogen) atoms. The van der Waals surface area contributed by atoms with E-state index in [9.17, 15) is 0 Å².